The van der Waals surface area contributed by atoms with E-state index in [0.717, 1.165) is 12.3 Å². The molecule has 0 fully saturated rings. The molecule has 0 aliphatic heterocycles. The van der Waals surface area contributed by atoms with Gasteiger partial charge in [0.2, 0.25) is 0 Å². The molecule has 0 aliphatic carbocycles. The van der Waals surface area contributed by atoms with Gasteiger partial charge in [-0.1, -0.05) is 39.5 Å². The quantitative estimate of drug-likeness (QED) is 0.403. The Bertz CT molecular complexity index is 108. The van der Waals surface area contributed by atoms with Gasteiger partial charge in [-0.25, -0.2) is 0 Å². The fourth-order valence-electron chi connectivity index (χ4n) is 1.22. The summed E-state index contributed by atoms with van der Waals surface area (Å²) in [6.07, 6.45) is 12.8. The van der Waals surface area contributed by atoms with Gasteiger partial charge in [-0.2, -0.15) is 0 Å². The lowest BCUT2D eigenvalue weighted by atomic mass is 9.99. The Morgan fingerprint density at radius 1 is 1.27 bits per heavy atom. The van der Waals surface area contributed by atoms with Crippen LogP contribution in [0.4, 0.5) is 0 Å². The van der Waals surface area contributed by atoms with Crippen LogP contribution in [0.1, 0.15) is 52.4 Å². The van der Waals surface area contributed by atoms with Crippen LogP contribution in [0.2, 0.25) is 0 Å². The van der Waals surface area contributed by atoms with Gasteiger partial charge in [0.05, 0.1) is 0 Å². The summed E-state index contributed by atoms with van der Waals surface area (Å²) in [4.78, 5) is 0. The van der Waals surface area contributed by atoms with Crippen LogP contribution >= 0.6 is 0 Å². The van der Waals surface area contributed by atoms with Gasteiger partial charge in [0.1, 0.15) is 0 Å². The van der Waals surface area contributed by atoms with Crippen molar-refractivity contribution in [3.8, 4) is 12.3 Å². The average molecular weight is 152 g/mol. The van der Waals surface area contributed by atoms with Crippen molar-refractivity contribution in [2.45, 2.75) is 52.4 Å². The lowest BCUT2D eigenvalue weighted by Gasteiger charge is -2.07. The molecule has 0 amide bonds. The zero-order valence-corrected chi connectivity index (χ0v) is 7.90. The maximum atomic E-state index is 5.18. The molecule has 0 aliphatic rings. The summed E-state index contributed by atoms with van der Waals surface area (Å²) in [7, 11) is 0. The van der Waals surface area contributed by atoms with Crippen LogP contribution < -0.4 is 0 Å². The van der Waals surface area contributed by atoms with Crippen molar-refractivity contribution in [1.82, 2.24) is 0 Å². The van der Waals surface area contributed by atoms with E-state index in [4.69, 9.17) is 6.42 Å². The largest absolute Gasteiger partial charge is 0.120 e. The predicted octanol–water partition coefficient (Wildman–Crippen LogP) is 3.62. The van der Waals surface area contributed by atoms with Gasteiger partial charge in [0.25, 0.3) is 0 Å². The van der Waals surface area contributed by atoms with Gasteiger partial charge in [0.15, 0.2) is 0 Å². The highest BCUT2D eigenvalue weighted by Crippen LogP contribution is 2.13. The van der Waals surface area contributed by atoms with Crippen molar-refractivity contribution in [2.24, 2.45) is 5.92 Å². The molecule has 1 unspecified atom stereocenters. The maximum absolute atomic E-state index is 5.18. The molecule has 1 atom stereocenters. The third-order valence-corrected chi connectivity index (χ3v) is 2.08. The molecule has 0 aromatic heterocycles. The van der Waals surface area contributed by atoms with Gasteiger partial charge < -0.3 is 0 Å². The first-order chi connectivity index (χ1) is 5.31. The van der Waals surface area contributed by atoms with Gasteiger partial charge in [0, 0.05) is 6.42 Å². The Morgan fingerprint density at radius 2 is 2.00 bits per heavy atom. The molecule has 0 aromatic rings. The van der Waals surface area contributed by atoms with Crippen molar-refractivity contribution >= 4 is 0 Å². The second-order valence-electron chi connectivity index (χ2n) is 3.34. The summed E-state index contributed by atoms with van der Waals surface area (Å²) in [5.74, 6) is 3.52. The normalized spacial score (nSPS) is 12.5. The highest BCUT2D eigenvalue weighted by Gasteiger charge is 1.99. The summed E-state index contributed by atoms with van der Waals surface area (Å²) >= 11 is 0. The van der Waals surface area contributed by atoms with E-state index in [-0.39, 0.29) is 0 Å². The Morgan fingerprint density at radius 3 is 2.55 bits per heavy atom. The Labute approximate surface area is 71.4 Å². The van der Waals surface area contributed by atoms with E-state index >= 15 is 0 Å². The minimum absolute atomic E-state index is 0.831. The molecule has 11 heavy (non-hydrogen) atoms. The molecule has 0 nitrogen and oxygen atoms in total. The van der Waals surface area contributed by atoms with E-state index in [0.29, 0.717) is 0 Å². The van der Waals surface area contributed by atoms with Crippen LogP contribution in [-0.4, -0.2) is 0 Å². The minimum atomic E-state index is 0.831. The van der Waals surface area contributed by atoms with E-state index in [2.05, 4.69) is 19.8 Å². The van der Waals surface area contributed by atoms with E-state index in [1.165, 1.54) is 32.1 Å². The molecule has 0 heteroatoms. The van der Waals surface area contributed by atoms with Crippen LogP contribution in [-0.2, 0) is 0 Å². The first-order valence-corrected chi connectivity index (χ1v) is 4.74. The molecular weight excluding hydrogens is 132 g/mol. The number of unbranched alkanes of at least 4 members (excludes halogenated alkanes) is 2. The third kappa shape index (κ3) is 7.46. The van der Waals surface area contributed by atoms with Crippen molar-refractivity contribution in [1.29, 1.82) is 0 Å². The fourth-order valence-corrected chi connectivity index (χ4v) is 1.22. The van der Waals surface area contributed by atoms with Gasteiger partial charge in [-0.05, 0) is 12.3 Å². The number of rotatable bonds is 6. The number of hydrogen-bond acceptors (Lipinski definition) is 0. The predicted molar refractivity (Wildman–Crippen MR) is 51.4 cm³/mol. The smallest absolute Gasteiger partial charge is 0.00885 e. The van der Waals surface area contributed by atoms with E-state index in [9.17, 15) is 0 Å². The fraction of sp³-hybridized carbons (Fsp3) is 0.818. The molecule has 0 heterocycles. The van der Waals surface area contributed by atoms with Crippen LogP contribution in [0.5, 0.6) is 0 Å². The second kappa shape index (κ2) is 7.66. The molecule has 0 aromatic carbocycles. The molecule has 0 bridgehead atoms. The van der Waals surface area contributed by atoms with Crippen molar-refractivity contribution < 1.29 is 0 Å². The van der Waals surface area contributed by atoms with Crippen LogP contribution in [0.15, 0.2) is 0 Å². The highest BCUT2D eigenvalue weighted by atomic mass is 14.0. The first-order valence-electron chi connectivity index (χ1n) is 4.74. The molecular formula is C11H20. The summed E-state index contributed by atoms with van der Waals surface area (Å²) in [5.41, 5.74) is 0. The molecule has 0 N–H and O–H groups in total. The Kier molecular flexibility index (Phi) is 7.36. The zero-order chi connectivity index (χ0) is 8.53. The minimum Gasteiger partial charge on any atom is -0.120 e. The van der Waals surface area contributed by atoms with Gasteiger partial charge in [-0.3, -0.25) is 0 Å². The summed E-state index contributed by atoms with van der Waals surface area (Å²) in [6, 6.07) is 0. The van der Waals surface area contributed by atoms with Crippen molar-refractivity contribution in [3.63, 3.8) is 0 Å². The molecule has 0 saturated heterocycles. The number of terminal acetylenes is 1. The summed E-state index contributed by atoms with van der Waals surface area (Å²) in [6.45, 7) is 4.54. The van der Waals surface area contributed by atoms with Crippen LogP contribution in [0.25, 0.3) is 0 Å². The number of hydrogen-bond donors (Lipinski definition) is 0. The van der Waals surface area contributed by atoms with E-state index in [1.807, 2.05) is 0 Å². The molecule has 0 rings (SSSR count). The highest BCUT2D eigenvalue weighted by molar-refractivity contribution is 4.83. The Hall–Kier alpha value is -0.440. The first kappa shape index (κ1) is 10.6. The van der Waals surface area contributed by atoms with Crippen molar-refractivity contribution in [3.05, 3.63) is 0 Å². The maximum Gasteiger partial charge on any atom is 0.00885 e. The average Bonchev–Trinajstić information content (AvgIpc) is 2.01. The molecule has 0 saturated carbocycles. The topological polar surface area (TPSA) is 0 Å². The van der Waals surface area contributed by atoms with Gasteiger partial charge in [-0.15, -0.1) is 12.3 Å². The van der Waals surface area contributed by atoms with Crippen LogP contribution in [0.3, 0.4) is 0 Å². The molecule has 64 valence electrons. The lowest BCUT2D eigenvalue weighted by Crippen LogP contribution is -1.93. The molecule has 0 radical (unpaired) electrons. The standard InChI is InChI=1S/C11H20/c1-4-6-8-10-11(3)9-7-5-2/h2,11H,4,6-10H2,1,3H3. The summed E-state index contributed by atoms with van der Waals surface area (Å²) < 4.78 is 0. The Balaban J connectivity index is 3.10. The van der Waals surface area contributed by atoms with Gasteiger partial charge >= 0.3 is 0 Å². The SMILES string of the molecule is C#CCCC(C)CCCCC. The summed E-state index contributed by atoms with van der Waals surface area (Å²) in [5, 5.41) is 0. The lowest BCUT2D eigenvalue weighted by molar-refractivity contribution is 0.470. The molecule has 0 spiro atoms. The van der Waals surface area contributed by atoms with Crippen LogP contribution in [0, 0.1) is 18.3 Å². The monoisotopic (exact) mass is 152 g/mol. The van der Waals surface area contributed by atoms with E-state index < -0.39 is 0 Å². The van der Waals surface area contributed by atoms with Crippen molar-refractivity contribution in [2.75, 3.05) is 0 Å². The van der Waals surface area contributed by atoms with E-state index in [1.54, 1.807) is 0 Å². The third-order valence-electron chi connectivity index (χ3n) is 2.08. The second-order valence-corrected chi connectivity index (χ2v) is 3.34. The zero-order valence-electron chi connectivity index (χ0n) is 7.90.